The number of aliphatic hydroxyl groups excluding tert-OH is 1. The van der Waals surface area contributed by atoms with Gasteiger partial charge in [-0.3, -0.25) is 14.4 Å². The molecular formula is C29H44N2O5S. The molecule has 0 bridgehead atoms. The SMILES string of the molecule is CC(C)C[C@H](CO)N1C(=O)[C@@H]2[C@H]3C(=O)OCCC=C[C@H]3S[C@@]23C=CCN(C(C)(C)CC(C)(C)C)C(=O)C13. The number of hydrogen-bond donors (Lipinski definition) is 1. The van der Waals surface area contributed by atoms with Gasteiger partial charge in [0.1, 0.15) is 6.04 Å². The molecule has 0 aromatic heterocycles. The molecule has 1 spiro atoms. The molecule has 6 atom stereocenters. The summed E-state index contributed by atoms with van der Waals surface area (Å²) >= 11 is 1.55. The van der Waals surface area contributed by atoms with Crippen molar-refractivity contribution >= 4 is 29.5 Å². The smallest absolute Gasteiger partial charge is 0.311 e. The van der Waals surface area contributed by atoms with Crippen molar-refractivity contribution in [3.05, 3.63) is 24.3 Å². The molecule has 2 amide bonds. The van der Waals surface area contributed by atoms with Crippen LogP contribution in [-0.4, -0.2) is 80.1 Å². The van der Waals surface area contributed by atoms with E-state index in [4.69, 9.17) is 4.74 Å². The van der Waals surface area contributed by atoms with E-state index in [-0.39, 0.29) is 41.0 Å². The fourth-order valence-corrected chi connectivity index (χ4v) is 9.19. The van der Waals surface area contributed by atoms with E-state index in [1.807, 2.05) is 29.2 Å². The molecule has 0 aromatic carbocycles. The summed E-state index contributed by atoms with van der Waals surface area (Å²) in [4.78, 5) is 45.8. The number of ether oxygens (including phenoxy) is 1. The summed E-state index contributed by atoms with van der Waals surface area (Å²) in [6.45, 7) is 15.3. The van der Waals surface area contributed by atoms with Crippen molar-refractivity contribution in [1.82, 2.24) is 9.80 Å². The molecule has 0 radical (unpaired) electrons. The Morgan fingerprint density at radius 1 is 1.14 bits per heavy atom. The van der Waals surface area contributed by atoms with Crippen molar-refractivity contribution in [3.8, 4) is 0 Å². The molecule has 2 fully saturated rings. The van der Waals surface area contributed by atoms with Gasteiger partial charge in [-0.05, 0) is 44.4 Å². The molecule has 1 N–H and O–H groups in total. The van der Waals surface area contributed by atoms with Gasteiger partial charge < -0.3 is 19.6 Å². The topological polar surface area (TPSA) is 87.2 Å². The second kappa shape index (κ2) is 10.1. The summed E-state index contributed by atoms with van der Waals surface area (Å²) < 4.78 is 4.67. The van der Waals surface area contributed by atoms with Crippen LogP contribution in [0.2, 0.25) is 0 Å². The van der Waals surface area contributed by atoms with Gasteiger partial charge in [0.05, 0.1) is 35.8 Å². The number of thioether (sulfide) groups is 1. The number of rotatable bonds is 6. The molecule has 2 saturated heterocycles. The summed E-state index contributed by atoms with van der Waals surface area (Å²) in [6, 6.07) is -1.29. The number of fused-ring (bicyclic) bond motifs is 2. The van der Waals surface area contributed by atoms with Crippen LogP contribution in [0.1, 0.15) is 67.7 Å². The molecular weight excluding hydrogens is 488 g/mol. The van der Waals surface area contributed by atoms with Gasteiger partial charge in [0.25, 0.3) is 0 Å². The first-order chi connectivity index (χ1) is 17.2. The van der Waals surface area contributed by atoms with Crippen molar-refractivity contribution in [2.45, 2.75) is 95.3 Å². The highest BCUT2D eigenvalue weighted by Crippen LogP contribution is 2.61. The van der Waals surface area contributed by atoms with Gasteiger partial charge in [0.15, 0.2) is 0 Å². The zero-order chi connectivity index (χ0) is 27.3. The summed E-state index contributed by atoms with van der Waals surface area (Å²) in [5.41, 5.74) is -0.451. The summed E-state index contributed by atoms with van der Waals surface area (Å²) in [7, 11) is 0. The predicted octanol–water partition coefficient (Wildman–Crippen LogP) is 3.81. The minimum absolute atomic E-state index is 0.00140. The zero-order valence-electron chi connectivity index (χ0n) is 23.4. The minimum Gasteiger partial charge on any atom is -0.465 e. The van der Waals surface area contributed by atoms with Crippen LogP contribution in [-0.2, 0) is 19.1 Å². The number of carbonyl (C=O) groups is 3. The van der Waals surface area contributed by atoms with E-state index in [1.165, 1.54) is 0 Å². The Hall–Kier alpha value is -1.80. The van der Waals surface area contributed by atoms with Gasteiger partial charge >= 0.3 is 5.97 Å². The lowest BCUT2D eigenvalue weighted by Crippen LogP contribution is -2.60. The van der Waals surface area contributed by atoms with E-state index in [0.717, 1.165) is 6.42 Å². The Morgan fingerprint density at radius 2 is 1.84 bits per heavy atom. The van der Waals surface area contributed by atoms with Crippen molar-refractivity contribution in [2.75, 3.05) is 19.8 Å². The van der Waals surface area contributed by atoms with Crippen LogP contribution in [0.3, 0.4) is 0 Å². The molecule has 4 aliphatic rings. The number of likely N-dealkylation sites (tertiary alicyclic amines) is 1. The van der Waals surface area contributed by atoms with Crippen molar-refractivity contribution in [2.24, 2.45) is 23.2 Å². The Labute approximate surface area is 226 Å². The molecule has 206 valence electrons. The third-order valence-electron chi connectivity index (χ3n) is 8.10. The maximum absolute atomic E-state index is 14.6. The van der Waals surface area contributed by atoms with Crippen molar-refractivity contribution < 1.29 is 24.2 Å². The van der Waals surface area contributed by atoms with Gasteiger partial charge in [0, 0.05) is 17.3 Å². The summed E-state index contributed by atoms with van der Waals surface area (Å²) in [5, 5.41) is 10.2. The lowest BCUT2D eigenvalue weighted by molar-refractivity contribution is -0.154. The molecule has 0 saturated carbocycles. The third kappa shape index (κ3) is 5.00. The summed E-state index contributed by atoms with van der Waals surface area (Å²) in [5.74, 6) is -1.83. The number of cyclic esters (lactones) is 1. The minimum atomic E-state index is -0.895. The largest absolute Gasteiger partial charge is 0.465 e. The second-order valence-electron chi connectivity index (χ2n) is 13.3. The number of hydrogen-bond acceptors (Lipinski definition) is 6. The van der Waals surface area contributed by atoms with E-state index in [2.05, 4.69) is 48.5 Å². The van der Waals surface area contributed by atoms with Gasteiger partial charge in [-0.25, -0.2) is 0 Å². The van der Waals surface area contributed by atoms with Gasteiger partial charge in [-0.1, -0.05) is 58.9 Å². The van der Waals surface area contributed by atoms with Crippen LogP contribution >= 0.6 is 11.8 Å². The average molecular weight is 533 g/mol. The van der Waals surface area contributed by atoms with Crippen LogP contribution in [0.5, 0.6) is 0 Å². The lowest BCUT2D eigenvalue weighted by Gasteiger charge is -2.45. The fraction of sp³-hybridized carbons (Fsp3) is 0.759. The van der Waals surface area contributed by atoms with Crippen LogP contribution in [0.25, 0.3) is 0 Å². The van der Waals surface area contributed by atoms with Gasteiger partial charge in [0.2, 0.25) is 11.8 Å². The second-order valence-corrected chi connectivity index (χ2v) is 14.8. The predicted molar refractivity (Wildman–Crippen MR) is 146 cm³/mol. The molecule has 7 nitrogen and oxygen atoms in total. The first-order valence-corrected chi connectivity index (χ1v) is 14.5. The first kappa shape index (κ1) is 28.2. The average Bonchev–Trinajstić information content (AvgIpc) is 3.14. The quantitative estimate of drug-likeness (QED) is 0.414. The molecule has 4 rings (SSSR count). The maximum atomic E-state index is 14.6. The van der Waals surface area contributed by atoms with Crippen molar-refractivity contribution in [3.63, 3.8) is 0 Å². The molecule has 0 aliphatic carbocycles. The maximum Gasteiger partial charge on any atom is 0.311 e. The molecule has 1 unspecified atom stereocenters. The van der Waals surface area contributed by atoms with E-state index in [9.17, 15) is 19.5 Å². The highest BCUT2D eigenvalue weighted by atomic mass is 32.2. The molecule has 4 aliphatic heterocycles. The molecule has 4 heterocycles. The highest BCUT2D eigenvalue weighted by molar-refractivity contribution is 8.02. The monoisotopic (exact) mass is 532 g/mol. The highest BCUT2D eigenvalue weighted by Gasteiger charge is 2.72. The Morgan fingerprint density at radius 3 is 2.46 bits per heavy atom. The lowest BCUT2D eigenvalue weighted by atomic mass is 9.78. The number of carbonyl (C=O) groups excluding carboxylic acids is 3. The Bertz CT molecular complexity index is 983. The van der Waals surface area contributed by atoms with Crippen LogP contribution in [0.15, 0.2) is 24.3 Å². The van der Waals surface area contributed by atoms with E-state index >= 15 is 0 Å². The zero-order valence-corrected chi connectivity index (χ0v) is 24.2. The van der Waals surface area contributed by atoms with E-state index in [0.29, 0.717) is 26.0 Å². The number of nitrogens with zero attached hydrogens (tertiary/aromatic N) is 2. The number of esters is 1. The number of aliphatic hydroxyl groups is 1. The van der Waals surface area contributed by atoms with Crippen LogP contribution in [0.4, 0.5) is 0 Å². The van der Waals surface area contributed by atoms with Crippen LogP contribution in [0, 0.1) is 23.2 Å². The first-order valence-electron chi connectivity index (χ1n) is 13.7. The van der Waals surface area contributed by atoms with E-state index in [1.54, 1.807) is 16.7 Å². The summed E-state index contributed by atoms with van der Waals surface area (Å²) in [6.07, 6.45) is 10.1. The number of amides is 2. The Balaban J connectivity index is 1.85. The van der Waals surface area contributed by atoms with Crippen molar-refractivity contribution in [1.29, 1.82) is 0 Å². The standard InChI is InChI=1S/C29H44N2O5S/c1-18(2)15-19(16-32)31-23-25(34)30(28(6,7)17-27(3,4)5)13-10-12-29(23)22(24(31)33)21-20(37-29)11-8-9-14-36-26(21)35/h8,10-12,18-23,32H,9,13-17H2,1-7H3/t19-,20-,21+,22+,23?,29+/m1/s1. The molecule has 37 heavy (non-hydrogen) atoms. The molecule has 0 aromatic rings. The normalized spacial score (nSPS) is 33.1. The van der Waals surface area contributed by atoms with E-state index < -0.39 is 34.2 Å². The van der Waals surface area contributed by atoms with Gasteiger partial charge in [-0.15, -0.1) is 11.8 Å². The van der Waals surface area contributed by atoms with Gasteiger partial charge in [-0.2, -0.15) is 0 Å². The molecule has 8 heteroatoms. The van der Waals surface area contributed by atoms with Crippen LogP contribution < -0.4 is 0 Å². The third-order valence-corrected chi connectivity index (χ3v) is 9.84. The fourth-order valence-electron chi connectivity index (χ4n) is 7.20. The Kier molecular flexibility index (Phi) is 7.67.